The highest BCUT2D eigenvalue weighted by molar-refractivity contribution is 5.74. The van der Waals surface area contributed by atoms with Gasteiger partial charge >= 0.3 is 0 Å². The normalized spacial score (nSPS) is 10.8. The molecule has 0 heterocycles. The van der Waals surface area contributed by atoms with E-state index in [0.29, 0.717) is 5.75 Å². The zero-order valence-corrected chi connectivity index (χ0v) is 19.5. The molecule has 0 aliphatic rings. The topological polar surface area (TPSA) is 52.6 Å². The fraction of sp³-hybridized carbons (Fsp3) is 0.321. The Balaban J connectivity index is 1.88. The van der Waals surface area contributed by atoms with E-state index in [4.69, 9.17) is 4.74 Å². The maximum absolute atomic E-state index is 10.7. The summed E-state index contributed by atoms with van der Waals surface area (Å²) in [6, 6.07) is 21.1. The van der Waals surface area contributed by atoms with Gasteiger partial charge in [0.15, 0.2) is 0 Å². The molecule has 0 fully saturated rings. The summed E-state index contributed by atoms with van der Waals surface area (Å²) in [4.78, 5) is 13.1. The highest BCUT2D eigenvalue weighted by atomic mass is 16.5. The Morgan fingerprint density at radius 2 is 1.75 bits per heavy atom. The monoisotopic (exact) mass is 430 g/mol. The molecule has 0 unspecified atom stereocenters. The highest BCUT2D eigenvalue weighted by Gasteiger charge is 2.14. The number of hydrogen-bond acceptors (Lipinski definition) is 4. The first-order valence-corrected chi connectivity index (χ1v) is 11.2. The zero-order valence-electron chi connectivity index (χ0n) is 19.5. The molecule has 0 aliphatic carbocycles. The molecule has 32 heavy (non-hydrogen) atoms. The first-order chi connectivity index (χ1) is 15.4. The van der Waals surface area contributed by atoms with E-state index in [1.54, 1.807) is 0 Å². The number of rotatable bonds is 10. The molecule has 168 valence electrons. The molecule has 0 saturated heterocycles. The van der Waals surface area contributed by atoms with Gasteiger partial charge in [-0.05, 0) is 67.1 Å². The molecule has 0 aliphatic heterocycles. The SMILES string of the molecule is CCCCN(Cc1ccc(OCC(=O)[O-])c(C)c1)c1cccc(-c2ccc(C)cc2)c1C. The second kappa shape index (κ2) is 10.9. The number of unbranched alkanes of at least 4 members (excludes halogenated alkanes) is 1. The number of nitrogens with zero attached hydrogens (tertiary/aromatic N) is 1. The Bertz CT molecular complexity index is 1060. The minimum absolute atomic E-state index is 0.437. The van der Waals surface area contributed by atoms with Crippen molar-refractivity contribution >= 4 is 11.7 Å². The predicted octanol–water partition coefficient (Wildman–Crippen LogP) is 5.21. The van der Waals surface area contributed by atoms with Crippen molar-refractivity contribution in [2.24, 2.45) is 0 Å². The standard InChI is InChI=1S/C28H33NO3/c1-5-6-16-29(18-23-12-15-27(21(3)17-23)32-19-28(30)31)26-9-7-8-25(22(26)4)24-13-10-20(2)11-14-24/h7-15,17H,5-6,16,18-19H2,1-4H3,(H,30,31)/p-1. The van der Waals surface area contributed by atoms with E-state index < -0.39 is 12.6 Å². The van der Waals surface area contributed by atoms with Crippen LogP contribution in [0.25, 0.3) is 11.1 Å². The van der Waals surface area contributed by atoms with Crippen LogP contribution < -0.4 is 14.7 Å². The van der Waals surface area contributed by atoms with Crippen molar-refractivity contribution in [2.75, 3.05) is 18.1 Å². The summed E-state index contributed by atoms with van der Waals surface area (Å²) in [6.07, 6.45) is 2.24. The summed E-state index contributed by atoms with van der Waals surface area (Å²) in [5.74, 6) is -0.640. The van der Waals surface area contributed by atoms with Gasteiger partial charge in [0.05, 0.1) is 5.97 Å². The Labute approximate surface area is 191 Å². The summed E-state index contributed by atoms with van der Waals surface area (Å²) < 4.78 is 5.32. The lowest BCUT2D eigenvalue weighted by Crippen LogP contribution is -2.29. The highest BCUT2D eigenvalue weighted by Crippen LogP contribution is 2.32. The van der Waals surface area contributed by atoms with Crippen LogP contribution in [-0.4, -0.2) is 19.1 Å². The average Bonchev–Trinajstić information content (AvgIpc) is 2.77. The quantitative estimate of drug-likeness (QED) is 0.443. The van der Waals surface area contributed by atoms with E-state index in [9.17, 15) is 9.90 Å². The Kier molecular flexibility index (Phi) is 7.93. The van der Waals surface area contributed by atoms with Gasteiger partial charge in [-0.25, -0.2) is 0 Å². The number of ether oxygens (including phenoxy) is 1. The van der Waals surface area contributed by atoms with Crippen LogP contribution in [0.4, 0.5) is 5.69 Å². The number of benzene rings is 3. The maximum Gasteiger partial charge on any atom is 0.128 e. The van der Waals surface area contributed by atoms with E-state index >= 15 is 0 Å². The van der Waals surface area contributed by atoms with Gasteiger partial charge in [-0.15, -0.1) is 0 Å². The lowest BCUT2D eigenvalue weighted by Gasteiger charge is -2.28. The fourth-order valence-corrected chi connectivity index (χ4v) is 3.97. The average molecular weight is 431 g/mol. The van der Waals surface area contributed by atoms with Gasteiger partial charge in [0, 0.05) is 18.8 Å². The lowest BCUT2D eigenvalue weighted by atomic mass is 9.97. The third-order valence-corrected chi connectivity index (χ3v) is 5.75. The first-order valence-electron chi connectivity index (χ1n) is 11.2. The number of aryl methyl sites for hydroxylation is 2. The number of carboxylic acid groups (broad SMARTS) is 1. The van der Waals surface area contributed by atoms with E-state index in [2.05, 4.69) is 74.2 Å². The smallest absolute Gasteiger partial charge is 0.128 e. The third kappa shape index (κ3) is 5.91. The fourth-order valence-electron chi connectivity index (χ4n) is 3.97. The molecule has 3 aromatic carbocycles. The minimum atomic E-state index is -1.22. The van der Waals surface area contributed by atoms with E-state index in [1.165, 1.54) is 33.5 Å². The van der Waals surface area contributed by atoms with Crippen LogP contribution in [-0.2, 0) is 11.3 Å². The largest absolute Gasteiger partial charge is 0.546 e. The van der Waals surface area contributed by atoms with Crippen LogP contribution in [0.5, 0.6) is 5.75 Å². The second-order valence-corrected chi connectivity index (χ2v) is 8.35. The van der Waals surface area contributed by atoms with Gasteiger partial charge in [-0.2, -0.15) is 0 Å². The van der Waals surface area contributed by atoms with Crippen molar-refractivity contribution in [1.29, 1.82) is 0 Å². The summed E-state index contributed by atoms with van der Waals surface area (Å²) >= 11 is 0. The van der Waals surface area contributed by atoms with Crippen molar-refractivity contribution in [3.63, 3.8) is 0 Å². The zero-order chi connectivity index (χ0) is 23.1. The van der Waals surface area contributed by atoms with Crippen LogP contribution in [0.15, 0.2) is 60.7 Å². The van der Waals surface area contributed by atoms with Gasteiger partial charge in [0.1, 0.15) is 12.4 Å². The molecule has 0 atom stereocenters. The van der Waals surface area contributed by atoms with Crippen molar-refractivity contribution in [1.82, 2.24) is 0 Å². The van der Waals surface area contributed by atoms with E-state index in [1.807, 2.05) is 19.1 Å². The first kappa shape index (κ1) is 23.4. The predicted molar refractivity (Wildman–Crippen MR) is 129 cm³/mol. The number of carbonyl (C=O) groups excluding carboxylic acids is 1. The molecular weight excluding hydrogens is 398 g/mol. The molecule has 0 spiro atoms. The summed E-state index contributed by atoms with van der Waals surface area (Å²) in [7, 11) is 0. The van der Waals surface area contributed by atoms with Gasteiger partial charge < -0.3 is 19.5 Å². The van der Waals surface area contributed by atoms with E-state index in [-0.39, 0.29) is 0 Å². The molecule has 0 N–H and O–H groups in total. The Hall–Kier alpha value is -3.27. The Morgan fingerprint density at radius 1 is 1.00 bits per heavy atom. The van der Waals surface area contributed by atoms with Gasteiger partial charge in [0.25, 0.3) is 0 Å². The van der Waals surface area contributed by atoms with E-state index in [0.717, 1.165) is 31.5 Å². The molecular formula is C28H32NO3-. The minimum Gasteiger partial charge on any atom is -0.546 e. The lowest BCUT2D eigenvalue weighted by molar-refractivity contribution is -0.307. The van der Waals surface area contributed by atoms with Crippen LogP contribution in [0.1, 0.15) is 42.0 Å². The molecule has 4 heteroatoms. The molecule has 4 nitrogen and oxygen atoms in total. The molecule has 0 saturated carbocycles. The molecule has 3 aromatic rings. The Morgan fingerprint density at radius 3 is 2.41 bits per heavy atom. The number of hydrogen-bond donors (Lipinski definition) is 0. The van der Waals surface area contributed by atoms with Gasteiger partial charge in [-0.1, -0.05) is 67.4 Å². The van der Waals surface area contributed by atoms with Gasteiger partial charge in [0.2, 0.25) is 0 Å². The number of carboxylic acids is 1. The van der Waals surface area contributed by atoms with Crippen LogP contribution in [0.3, 0.4) is 0 Å². The van der Waals surface area contributed by atoms with Gasteiger partial charge in [-0.3, -0.25) is 0 Å². The summed E-state index contributed by atoms with van der Waals surface area (Å²) in [5.41, 5.74) is 8.35. The number of carbonyl (C=O) groups is 1. The maximum atomic E-state index is 10.7. The van der Waals surface area contributed by atoms with Crippen molar-refractivity contribution in [3.05, 3.63) is 82.9 Å². The summed E-state index contributed by atoms with van der Waals surface area (Å²) in [6.45, 7) is 9.77. The molecule has 3 rings (SSSR count). The van der Waals surface area contributed by atoms with Crippen LogP contribution in [0.2, 0.25) is 0 Å². The molecule has 0 aromatic heterocycles. The van der Waals surface area contributed by atoms with Crippen LogP contribution in [0, 0.1) is 20.8 Å². The van der Waals surface area contributed by atoms with Crippen molar-refractivity contribution in [3.8, 4) is 16.9 Å². The second-order valence-electron chi connectivity index (χ2n) is 8.35. The third-order valence-electron chi connectivity index (χ3n) is 5.75. The van der Waals surface area contributed by atoms with Crippen molar-refractivity contribution < 1.29 is 14.6 Å². The number of anilines is 1. The molecule has 0 radical (unpaired) electrons. The van der Waals surface area contributed by atoms with Crippen molar-refractivity contribution in [2.45, 2.75) is 47.1 Å². The number of aliphatic carboxylic acids is 1. The molecule has 0 amide bonds. The molecule has 0 bridgehead atoms. The summed E-state index contributed by atoms with van der Waals surface area (Å²) in [5, 5.41) is 10.7. The van der Waals surface area contributed by atoms with Crippen LogP contribution >= 0.6 is 0 Å².